The third-order valence-electron chi connectivity index (χ3n) is 3.89. The van der Waals surface area contributed by atoms with Gasteiger partial charge in [0.25, 0.3) is 0 Å². The van der Waals surface area contributed by atoms with E-state index in [-0.39, 0.29) is 27.5 Å². The van der Waals surface area contributed by atoms with Crippen LogP contribution in [0.1, 0.15) is 17.7 Å². The van der Waals surface area contributed by atoms with Crippen molar-refractivity contribution in [3.8, 4) is 17.3 Å². The molecule has 8 heteroatoms. The van der Waals surface area contributed by atoms with Gasteiger partial charge in [-0.25, -0.2) is 5.26 Å². The molecule has 0 spiro atoms. The Hall–Kier alpha value is -2.20. The first-order valence-electron chi connectivity index (χ1n) is 8.55. The smallest absolute Gasteiger partial charge is 0.158 e. The molecule has 2 unspecified atom stereocenters. The summed E-state index contributed by atoms with van der Waals surface area (Å²) >= 11 is 0. The van der Waals surface area contributed by atoms with E-state index in [0.29, 0.717) is 5.56 Å². The second kappa shape index (κ2) is 12.4. The number of benzene rings is 2. The third-order valence-corrected chi connectivity index (χ3v) is 3.89. The van der Waals surface area contributed by atoms with E-state index in [1.807, 2.05) is 37.3 Å². The second-order valence-corrected chi connectivity index (χ2v) is 5.87. The van der Waals surface area contributed by atoms with Crippen molar-refractivity contribution in [2.24, 2.45) is 0 Å². The van der Waals surface area contributed by atoms with Gasteiger partial charge in [-0.05, 0) is 24.6 Å². The summed E-state index contributed by atoms with van der Waals surface area (Å²) in [6, 6.07) is 18.2. The van der Waals surface area contributed by atoms with Crippen LogP contribution in [0.2, 0.25) is 0 Å². The number of hydrogen-bond donors (Lipinski definition) is 2. The van der Waals surface area contributed by atoms with Crippen LogP contribution in [0.15, 0.2) is 42.5 Å². The van der Waals surface area contributed by atoms with E-state index in [4.69, 9.17) is 15.5 Å². The minimum atomic E-state index is -0.944. The average Bonchev–Trinajstić information content (AvgIpc) is 2.73. The van der Waals surface area contributed by atoms with Crippen molar-refractivity contribution in [2.75, 3.05) is 14.2 Å². The zero-order valence-electron chi connectivity index (χ0n) is 16.3. The number of aliphatic hydroxyl groups is 2. The van der Waals surface area contributed by atoms with Crippen molar-refractivity contribution in [1.82, 2.24) is 9.97 Å². The van der Waals surface area contributed by atoms with Crippen molar-refractivity contribution in [3.05, 3.63) is 59.8 Å². The number of para-hydroxylation sites is 2. The minimum Gasteiger partial charge on any atom is -0.368 e. The van der Waals surface area contributed by atoms with Gasteiger partial charge in [0.15, 0.2) is 12.6 Å². The number of aliphatic hydroxyl groups excluding tert-OH is 2. The van der Waals surface area contributed by atoms with Crippen LogP contribution in [0.3, 0.4) is 0 Å². The Morgan fingerprint density at radius 2 is 1.62 bits per heavy atom. The fourth-order valence-electron chi connectivity index (χ4n) is 2.35. The third kappa shape index (κ3) is 7.28. The number of fused-ring (bicyclic) bond motifs is 1. The molecule has 0 radical (unpaired) electrons. The number of rotatable bonds is 5. The number of aryl methyl sites for hydroxylation is 1. The Morgan fingerprint density at radius 1 is 1.03 bits per heavy atom. The molecule has 0 aliphatic carbocycles. The number of aromatic nitrogens is 2. The van der Waals surface area contributed by atoms with Crippen molar-refractivity contribution >= 4 is 11.0 Å². The average molecular weight is 576 g/mol. The Morgan fingerprint density at radius 3 is 2.10 bits per heavy atom. The zero-order chi connectivity index (χ0) is 20.5. The van der Waals surface area contributed by atoms with Gasteiger partial charge in [-0.3, -0.25) is 9.97 Å². The molecule has 3 aromatic rings. The molecular formula is C21H22N3O4Pt-. The largest absolute Gasteiger partial charge is 0.368 e. The molecule has 2 aromatic carbocycles. The summed E-state index contributed by atoms with van der Waals surface area (Å²) in [5.41, 5.74) is 4.87. The van der Waals surface area contributed by atoms with Gasteiger partial charge in [0.05, 0.1) is 11.0 Å². The maximum Gasteiger partial charge on any atom is 0.158 e. The molecule has 156 valence electrons. The molecule has 0 saturated carbocycles. The van der Waals surface area contributed by atoms with Crippen LogP contribution in [0.25, 0.3) is 22.3 Å². The number of ether oxygens (including phenoxy) is 2. The second-order valence-electron chi connectivity index (χ2n) is 5.87. The van der Waals surface area contributed by atoms with Crippen LogP contribution in [-0.4, -0.2) is 47.0 Å². The summed E-state index contributed by atoms with van der Waals surface area (Å²) in [6.45, 7) is 1.93. The molecule has 0 aliphatic rings. The van der Waals surface area contributed by atoms with E-state index in [1.54, 1.807) is 12.1 Å². The van der Waals surface area contributed by atoms with E-state index < -0.39 is 12.6 Å². The van der Waals surface area contributed by atoms with Crippen LogP contribution in [0.5, 0.6) is 0 Å². The molecule has 1 heterocycles. The number of nitriles is 1. The standard InChI is InChI=1S/C16H10N3.C5H12O4.Pt/c1-11-16(13-8-6-12(10-17)7-9-13)19-15-5-3-2-4-14(15)18-11;1-8-4(6)3-5(7)9-2;/h2-8H,1H3;4-7H,3H2,1-2H3;/q-1;;. The predicted molar refractivity (Wildman–Crippen MR) is 104 cm³/mol. The van der Waals surface area contributed by atoms with Crippen LogP contribution in [0, 0.1) is 24.3 Å². The first-order valence-corrected chi connectivity index (χ1v) is 8.55. The molecular weight excluding hydrogens is 553 g/mol. The monoisotopic (exact) mass is 575 g/mol. The van der Waals surface area contributed by atoms with Gasteiger partial charge in [-0.1, -0.05) is 12.1 Å². The Labute approximate surface area is 184 Å². The van der Waals surface area contributed by atoms with Crippen molar-refractivity contribution in [1.29, 1.82) is 5.26 Å². The van der Waals surface area contributed by atoms with Crippen molar-refractivity contribution < 1.29 is 40.8 Å². The molecule has 7 nitrogen and oxygen atoms in total. The van der Waals surface area contributed by atoms with Crippen LogP contribution in [0.4, 0.5) is 0 Å². The first-order chi connectivity index (χ1) is 13.5. The fraction of sp³-hybridized carbons (Fsp3) is 0.286. The summed E-state index contributed by atoms with van der Waals surface area (Å²) in [5.74, 6) is 0. The van der Waals surface area contributed by atoms with Crippen molar-refractivity contribution in [3.63, 3.8) is 0 Å². The Balaban J connectivity index is 0.000000362. The maximum absolute atomic E-state index is 8.80. The summed E-state index contributed by atoms with van der Waals surface area (Å²) in [5, 5.41) is 26.2. The predicted octanol–water partition coefficient (Wildman–Crippen LogP) is 2.58. The van der Waals surface area contributed by atoms with E-state index in [9.17, 15) is 0 Å². The normalized spacial score (nSPS) is 12.1. The van der Waals surface area contributed by atoms with Crippen LogP contribution >= 0.6 is 0 Å². The van der Waals surface area contributed by atoms with E-state index >= 15 is 0 Å². The van der Waals surface area contributed by atoms with E-state index in [1.165, 1.54) is 14.2 Å². The molecule has 3 rings (SSSR count). The van der Waals surface area contributed by atoms with Crippen molar-refractivity contribution in [2.45, 2.75) is 25.9 Å². The van der Waals surface area contributed by atoms with E-state index in [2.05, 4.69) is 31.6 Å². The molecule has 0 bridgehead atoms. The fourth-order valence-corrected chi connectivity index (χ4v) is 2.35. The summed E-state index contributed by atoms with van der Waals surface area (Å²) in [4.78, 5) is 9.17. The Kier molecular flexibility index (Phi) is 10.6. The first kappa shape index (κ1) is 24.8. The number of nitrogens with zero attached hydrogens (tertiary/aromatic N) is 3. The Bertz CT molecular complexity index is 937. The molecule has 0 aliphatic heterocycles. The van der Waals surface area contributed by atoms with E-state index in [0.717, 1.165) is 28.0 Å². The molecule has 0 fully saturated rings. The van der Waals surface area contributed by atoms with Gasteiger partial charge in [-0.15, -0.1) is 29.8 Å². The minimum absolute atomic E-state index is 0. The number of methoxy groups -OCH3 is 2. The summed E-state index contributed by atoms with van der Waals surface area (Å²) in [7, 11) is 2.71. The van der Waals surface area contributed by atoms with Gasteiger partial charge in [0.1, 0.15) is 0 Å². The number of hydrogen-bond acceptors (Lipinski definition) is 7. The maximum atomic E-state index is 8.80. The van der Waals surface area contributed by atoms with Gasteiger partial charge in [-0.2, -0.15) is 0 Å². The molecule has 2 N–H and O–H groups in total. The molecule has 0 amide bonds. The SMILES string of the molecule is COC(O)CC(O)OC.Cc1nc2ccccc2nc1-c1[c-]cc(C#N)cc1.[Pt]. The van der Waals surface area contributed by atoms with Crippen LogP contribution < -0.4 is 0 Å². The van der Waals surface area contributed by atoms with Crippen LogP contribution in [-0.2, 0) is 30.5 Å². The van der Waals surface area contributed by atoms with Gasteiger partial charge in [0.2, 0.25) is 0 Å². The van der Waals surface area contributed by atoms with Gasteiger partial charge < -0.3 is 19.7 Å². The molecule has 29 heavy (non-hydrogen) atoms. The van der Waals surface area contributed by atoms with Gasteiger partial charge >= 0.3 is 0 Å². The quantitative estimate of drug-likeness (QED) is 0.356. The van der Waals surface area contributed by atoms with Gasteiger partial charge in [0, 0.05) is 59.2 Å². The summed E-state index contributed by atoms with van der Waals surface area (Å²) in [6.07, 6.45) is -1.81. The summed E-state index contributed by atoms with van der Waals surface area (Å²) < 4.78 is 8.88. The molecule has 1 aromatic heterocycles. The zero-order valence-corrected chi connectivity index (χ0v) is 18.5. The molecule has 0 saturated heterocycles. The molecule has 2 atom stereocenters. The topological polar surface area (TPSA) is 108 Å².